The maximum Gasteiger partial charge on any atom is 0.222 e. The quantitative estimate of drug-likeness (QED) is 0.848. The summed E-state index contributed by atoms with van der Waals surface area (Å²) in [7, 11) is 2.02. The maximum atomic E-state index is 12.3. The molecule has 2 fully saturated rings. The summed E-state index contributed by atoms with van der Waals surface area (Å²) in [6.07, 6.45) is 9.50. The van der Waals surface area contributed by atoms with Crippen molar-refractivity contribution in [1.82, 2.24) is 10.2 Å². The molecule has 1 N–H and O–H groups in total. The molecule has 3 unspecified atom stereocenters. The summed E-state index contributed by atoms with van der Waals surface area (Å²) in [5.74, 6) is 1.76. The van der Waals surface area contributed by atoms with Crippen molar-refractivity contribution >= 4 is 5.91 Å². The third kappa shape index (κ3) is 4.20. The highest BCUT2D eigenvalue weighted by Crippen LogP contribution is 2.28. The average molecular weight is 266 g/mol. The van der Waals surface area contributed by atoms with Gasteiger partial charge in [0.15, 0.2) is 0 Å². The van der Waals surface area contributed by atoms with Gasteiger partial charge in [0.25, 0.3) is 0 Å². The lowest BCUT2D eigenvalue weighted by molar-refractivity contribution is -0.133. The molecule has 1 saturated carbocycles. The van der Waals surface area contributed by atoms with Crippen LogP contribution >= 0.6 is 0 Å². The van der Waals surface area contributed by atoms with Crippen molar-refractivity contribution in [2.24, 2.45) is 11.8 Å². The van der Waals surface area contributed by atoms with Crippen LogP contribution in [-0.2, 0) is 4.79 Å². The molecule has 0 radical (unpaired) electrons. The van der Waals surface area contributed by atoms with Crippen LogP contribution < -0.4 is 5.32 Å². The van der Waals surface area contributed by atoms with E-state index in [0.29, 0.717) is 17.9 Å². The molecule has 0 spiro atoms. The molecule has 0 aromatic carbocycles. The van der Waals surface area contributed by atoms with E-state index in [4.69, 9.17) is 0 Å². The molecular formula is C16H30N2O. The largest absolute Gasteiger partial charge is 0.343 e. The number of amides is 1. The summed E-state index contributed by atoms with van der Waals surface area (Å²) in [5, 5.41) is 3.43. The molecule has 1 amide bonds. The van der Waals surface area contributed by atoms with Gasteiger partial charge in [0.05, 0.1) is 0 Å². The first-order valence-corrected chi connectivity index (χ1v) is 8.15. The lowest BCUT2D eigenvalue weighted by Gasteiger charge is -2.36. The standard InChI is InChI=1S/C16H30N2O/c1-13-6-3-4-8-15(13)18(2)16(19)10-9-14-7-5-11-17-12-14/h13-15,17H,3-12H2,1-2H3. The summed E-state index contributed by atoms with van der Waals surface area (Å²) in [5.41, 5.74) is 0. The second-order valence-corrected chi connectivity index (χ2v) is 6.58. The minimum absolute atomic E-state index is 0.365. The van der Waals surface area contributed by atoms with Crippen LogP contribution in [0.15, 0.2) is 0 Å². The van der Waals surface area contributed by atoms with Crippen LogP contribution in [0, 0.1) is 11.8 Å². The van der Waals surface area contributed by atoms with E-state index in [0.717, 1.165) is 31.8 Å². The summed E-state index contributed by atoms with van der Waals surface area (Å²) in [6.45, 7) is 4.57. The number of carbonyl (C=O) groups excluding carboxylic acids is 1. The molecule has 2 rings (SSSR count). The highest BCUT2D eigenvalue weighted by Gasteiger charge is 2.27. The van der Waals surface area contributed by atoms with Gasteiger partial charge >= 0.3 is 0 Å². The van der Waals surface area contributed by atoms with Gasteiger partial charge in [-0.25, -0.2) is 0 Å². The van der Waals surface area contributed by atoms with E-state index < -0.39 is 0 Å². The third-order valence-electron chi connectivity index (χ3n) is 5.12. The molecule has 1 saturated heterocycles. The lowest BCUT2D eigenvalue weighted by Crippen LogP contribution is -2.42. The zero-order valence-electron chi connectivity index (χ0n) is 12.7. The SMILES string of the molecule is CC1CCCCC1N(C)C(=O)CCC1CCCNC1. The van der Waals surface area contributed by atoms with Crippen LogP contribution in [0.5, 0.6) is 0 Å². The number of nitrogens with zero attached hydrogens (tertiary/aromatic N) is 1. The predicted molar refractivity (Wildman–Crippen MR) is 79.0 cm³/mol. The van der Waals surface area contributed by atoms with E-state index >= 15 is 0 Å². The van der Waals surface area contributed by atoms with Crippen LogP contribution in [-0.4, -0.2) is 37.0 Å². The Balaban J connectivity index is 1.74. The Morgan fingerprint density at radius 3 is 2.68 bits per heavy atom. The number of hydrogen-bond acceptors (Lipinski definition) is 2. The van der Waals surface area contributed by atoms with Crippen molar-refractivity contribution < 1.29 is 4.79 Å². The highest BCUT2D eigenvalue weighted by molar-refractivity contribution is 5.76. The summed E-state index contributed by atoms with van der Waals surface area (Å²) >= 11 is 0. The zero-order valence-corrected chi connectivity index (χ0v) is 12.7. The topological polar surface area (TPSA) is 32.3 Å². The van der Waals surface area contributed by atoms with Crippen molar-refractivity contribution in [3.8, 4) is 0 Å². The van der Waals surface area contributed by atoms with Gasteiger partial charge in [0, 0.05) is 19.5 Å². The molecule has 3 heteroatoms. The number of nitrogens with one attached hydrogen (secondary N) is 1. The molecular weight excluding hydrogens is 236 g/mol. The minimum atomic E-state index is 0.365. The van der Waals surface area contributed by atoms with E-state index in [1.807, 2.05) is 7.05 Å². The van der Waals surface area contributed by atoms with Gasteiger partial charge < -0.3 is 10.2 Å². The Morgan fingerprint density at radius 1 is 1.21 bits per heavy atom. The van der Waals surface area contributed by atoms with Gasteiger partial charge in [0.1, 0.15) is 0 Å². The van der Waals surface area contributed by atoms with Crippen molar-refractivity contribution in [3.05, 3.63) is 0 Å². The van der Waals surface area contributed by atoms with Crippen LogP contribution in [0.1, 0.15) is 58.3 Å². The van der Waals surface area contributed by atoms with Crippen LogP contribution in [0.2, 0.25) is 0 Å². The molecule has 0 bridgehead atoms. The number of carbonyl (C=O) groups is 1. The number of rotatable bonds is 4. The van der Waals surface area contributed by atoms with Crippen molar-refractivity contribution in [2.45, 2.75) is 64.3 Å². The second-order valence-electron chi connectivity index (χ2n) is 6.58. The molecule has 0 aromatic rings. The molecule has 0 aromatic heterocycles. The molecule has 19 heavy (non-hydrogen) atoms. The third-order valence-corrected chi connectivity index (χ3v) is 5.12. The zero-order chi connectivity index (χ0) is 13.7. The molecule has 3 nitrogen and oxygen atoms in total. The summed E-state index contributed by atoms with van der Waals surface area (Å²) in [4.78, 5) is 14.4. The van der Waals surface area contributed by atoms with Crippen LogP contribution in [0.25, 0.3) is 0 Å². The van der Waals surface area contributed by atoms with Gasteiger partial charge in [-0.1, -0.05) is 19.8 Å². The Kier molecular flexibility index (Phi) is 5.68. The van der Waals surface area contributed by atoms with Gasteiger partial charge in [-0.3, -0.25) is 4.79 Å². The Hall–Kier alpha value is -0.570. The fraction of sp³-hybridized carbons (Fsp3) is 0.938. The Labute approximate surface area is 118 Å². The predicted octanol–water partition coefficient (Wildman–Crippen LogP) is 2.80. The minimum Gasteiger partial charge on any atom is -0.343 e. The molecule has 3 atom stereocenters. The van der Waals surface area contributed by atoms with Crippen molar-refractivity contribution in [1.29, 1.82) is 0 Å². The molecule has 1 heterocycles. The van der Waals surface area contributed by atoms with E-state index in [1.165, 1.54) is 38.5 Å². The van der Waals surface area contributed by atoms with Gasteiger partial charge in [-0.2, -0.15) is 0 Å². The Morgan fingerprint density at radius 2 is 2.00 bits per heavy atom. The van der Waals surface area contributed by atoms with Crippen LogP contribution in [0.4, 0.5) is 0 Å². The average Bonchev–Trinajstić information content (AvgIpc) is 2.45. The maximum absolute atomic E-state index is 12.3. The van der Waals surface area contributed by atoms with Gasteiger partial charge in [0.2, 0.25) is 5.91 Å². The van der Waals surface area contributed by atoms with E-state index in [1.54, 1.807) is 0 Å². The smallest absolute Gasteiger partial charge is 0.222 e. The van der Waals surface area contributed by atoms with Gasteiger partial charge in [-0.15, -0.1) is 0 Å². The molecule has 1 aliphatic heterocycles. The summed E-state index contributed by atoms with van der Waals surface area (Å²) < 4.78 is 0. The second kappa shape index (κ2) is 7.28. The van der Waals surface area contributed by atoms with E-state index in [2.05, 4.69) is 17.1 Å². The monoisotopic (exact) mass is 266 g/mol. The van der Waals surface area contributed by atoms with E-state index in [-0.39, 0.29) is 0 Å². The van der Waals surface area contributed by atoms with E-state index in [9.17, 15) is 4.79 Å². The number of piperidine rings is 1. The first kappa shape index (κ1) is 14.8. The normalized spacial score (nSPS) is 32.0. The lowest BCUT2D eigenvalue weighted by atomic mass is 9.85. The van der Waals surface area contributed by atoms with Crippen molar-refractivity contribution in [2.75, 3.05) is 20.1 Å². The molecule has 1 aliphatic carbocycles. The summed E-state index contributed by atoms with van der Waals surface area (Å²) in [6, 6.07) is 0.491. The van der Waals surface area contributed by atoms with Gasteiger partial charge in [-0.05, 0) is 57.0 Å². The molecule has 2 aliphatic rings. The number of hydrogen-bond donors (Lipinski definition) is 1. The Bertz CT molecular complexity index is 286. The first-order chi connectivity index (χ1) is 9.18. The fourth-order valence-electron chi connectivity index (χ4n) is 3.73. The van der Waals surface area contributed by atoms with Crippen LogP contribution in [0.3, 0.4) is 0 Å². The highest BCUT2D eigenvalue weighted by atomic mass is 16.2. The first-order valence-electron chi connectivity index (χ1n) is 8.15. The fourth-order valence-corrected chi connectivity index (χ4v) is 3.73. The van der Waals surface area contributed by atoms with Crippen molar-refractivity contribution in [3.63, 3.8) is 0 Å². The molecule has 110 valence electrons.